The van der Waals surface area contributed by atoms with Crippen molar-refractivity contribution in [2.24, 2.45) is 11.1 Å². The van der Waals surface area contributed by atoms with Crippen LogP contribution in [0.4, 0.5) is 4.39 Å². The fraction of sp³-hybridized carbons (Fsp3) is 0.611. The summed E-state index contributed by atoms with van der Waals surface area (Å²) in [6.07, 6.45) is 4.53. The zero-order valence-electron chi connectivity index (χ0n) is 14.0. The molecule has 1 rings (SSSR count). The zero-order chi connectivity index (χ0) is 16.6. The van der Waals surface area contributed by atoms with Crippen LogP contribution < -0.4 is 11.1 Å². The van der Waals surface area contributed by atoms with E-state index in [4.69, 9.17) is 5.73 Å². The number of nitrogens with two attached hydrogens (primary N) is 1. The minimum atomic E-state index is -0.261. The normalized spacial score (nSPS) is 13.0. The van der Waals surface area contributed by atoms with Gasteiger partial charge in [0.05, 0.1) is 6.04 Å². The van der Waals surface area contributed by atoms with Crippen LogP contribution >= 0.6 is 0 Å². The monoisotopic (exact) mass is 308 g/mol. The lowest BCUT2D eigenvalue weighted by Gasteiger charge is -2.32. The van der Waals surface area contributed by atoms with Gasteiger partial charge in [-0.25, -0.2) is 4.39 Å². The molecule has 0 saturated heterocycles. The van der Waals surface area contributed by atoms with Crippen LogP contribution in [0.2, 0.25) is 0 Å². The minimum Gasteiger partial charge on any atom is -0.349 e. The molecule has 1 unspecified atom stereocenters. The maximum Gasteiger partial charge on any atom is 0.220 e. The molecule has 0 aliphatic rings. The Kier molecular flexibility index (Phi) is 7.52. The Labute approximate surface area is 133 Å². The fourth-order valence-corrected chi connectivity index (χ4v) is 2.47. The average molecular weight is 308 g/mol. The maximum atomic E-state index is 13.1. The van der Waals surface area contributed by atoms with Crippen LogP contribution in [0.5, 0.6) is 0 Å². The molecule has 0 bridgehead atoms. The Bertz CT molecular complexity index is 451. The highest BCUT2D eigenvalue weighted by molar-refractivity contribution is 5.76. The molecular weight excluding hydrogens is 279 g/mol. The topological polar surface area (TPSA) is 55.1 Å². The van der Waals surface area contributed by atoms with Crippen LogP contribution in [0.3, 0.4) is 0 Å². The lowest BCUT2D eigenvalue weighted by molar-refractivity contribution is -0.122. The van der Waals surface area contributed by atoms with Crippen molar-refractivity contribution in [1.82, 2.24) is 5.32 Å². The predicted molar refractivity (Wildman–Crippen MR) is 88.9 cm³/mol. The second-order valence-electron chi connectivity index (χ2n) is 6.87. The van der Waals surface area contributed by atoms with Gasteiger partial charge in [0.15, 0.2) is 0 Å². The van der Waals surface area contributed by atoms with Gasteiger partial charge >= 0.3 is 0 Å². The van der Waals surface area contributed by atoms with Crippen molar-refractivity contribution < 1.29 is 9.18 Å². The Hall–Kier alpha value is -1.42. The molecule has 1 atom stereocenters. The summed E-state index contributed by atoms with van der Waals surface area (Å²) in [6, 6.07) is 6.24. The Balaban J connectivity index is 2.59. The van der Waals surface area contributed by atoms with E-state index in [2.05, 4.69) is 26.1 Å². The molecule has 0 aliphatic heterocycles. The summed E-state index contributed by atoms with van der Waals surface area (Å²) in [6.45, 7) is 6.93. The molecule has 1 aromatic carbocycles. The summed E-state index contributed by atoms with van der Waals surface area (Å²) in [4.78, 5) is 12.2. The lowest BCUT2D eigenvalue weighted by atomic mass is 9.82. The molecule has 4 heteroatoms. The van der Waals surface area contributed by atoms with E-state index in [1.165, 1.54) is 12.1 Å². The van der Waals surface area contributed by atoms with Crippen LogP contribution in [0.25, 0.3) is 0 Å². The third kappa shape index (κ3) is 6.56. The first-order valence-corrected chi connectivity index (χ1v) is 8.09. The predicted octanol–water partition coefficient (Wildman–Crippen LogP) is 3.94. The van der Waals surface area contributed by atoms with Gasteiger partial charge in [0.2, 0.25) is 5.91 Å². The number of hydrogen-bond acceptors (Lipinski definition) is 2. The van der Waals surface area contributed by atoms with E-state index in [-0.39, 0.29) is 23.2 Å². The Morgan fingerprint density at radius 1 is 1.14 bits per heavy atom. The molecular formula is C18H29FN2O. The van der Waals surface area contributed by atoms with Gasteiger partial charge in [-0.15, -0.1) is 0 Å². The second-order valence-corrected chi connectivity index (χ2v) is 6.87. The number of amides is 1. The van der Waals surface area contributed by atoms with Crippen LogP contribution in [-0.2, 0) is 4.79 Å². The van der Waals surface area contributed by atoms with E-state index in [0.29, 0.717) is 13.0 Å². The standard InChI is InChI=1S/C18H29FN2O/c1-18(2,3)17(14-9-11-15(19)12-10-14)21-16(22)8-6-4-5-7-13-20/h9-12,17H,4-8,13,20H2,1-3H3,(H,21,22). The molecule has 0 aromatic heterocycles. The Morgan fingerprint density at radius 2 is 1.73 bits per heavy atom. The maximum absolute atomic E-state index is 13.1. The molecule has 0 heterocycles. The molecule has 1 amide bonds. The Morgan fingerprint density at radius 3 is 2.27 bits per heavy atom. The number of nitrogens with one attached hydrogen (secondary N) is 1. The number of rotatable bonds is 8. The summed E-state index contributed by atoms with van der Waals surface area (Å²) in [5.74, 6) is -0.209. The van der Waals surface area contributed by atoms with Crippen LogP contribution in [0.1, 0.15) is 64.5 Å². The molecule has 1 aromatic rings. The van der Waals surface area contributed by atoms with Crippen LogP contribution in [0, 0.1) is 11.2 Å². The van der Waals surface area contributed by atoms with E-state index < -0.39 is 0 Å². The highest BCUT2D eigenvalue weighted by Crippen LogP contribution is 2.32. The number of carbonyl (C=O) groups excluding carboxylic acids is 1. The lowest BCUT2D eigenvalue weighted by Crippen LogP contribution is -2.36. The molecule has 0 radical (unpaired) electrons. The molecule has 0 fully saturated rings. The second kappa shape index (κ2) is 8.89. The molecule has 3 N–H and O–H groups in total. The first-order valence-electron chi connectivity index (χ1n) is 8.09. The van der Waals surface area contributed by atoms with E-state index in [1.807, 2.05) is 0 Å². The third-order valence-corrected chi connectivity index (χ3v) is 3.73. The smallest absolute Gasteiger partial charge is 0.220 e. The van der Waals surface area contributed by atoms with Crippen molar-refractivity contribution >= 4 is 5.91 Å². The van der Waals surface area contributed by atoms with Gasteiger partial charge in [-0.05, 0) is 42.5 Å². The quantitative estimate of drug-likeness (QED) is 0.715. The van der Waals surface area contributed by atoms with Gasteiger partial charge in [-0.3, -0.25) is 4.79 Å². The van der Waals surface area contributed by atoms with Crippen molar-refractivity contribution in [3.63, 3.8) is 0 Å². The first kappa shape index (κ1) is 18.6. The van der Waals surface area contributed by atoms with E-state index >= 15 is 0 Å². The van der Waals surface area contributed by atoms with Gasteiger partial charge in [0.1, 0.15) is 5.82 Å². The van der Waals surface area contributed by atoms with Gasteiger partial charge in [-0.1, -0.05) is 45.7 Å². The third-order valence-electron chi connectivity index (χ3n) is 3.73. The van der Waals surface area contributed by atoms with Gasteiger partial charge in [-0.2, -0.15) is 0 Å². The van der Waals surface area contributed by atoms with E-state index in [0.717, 1.165) is 31.2 Å². The van der Waals surface area contributed by atoms with Gasteiger partial charge in [0, 0.05) is 6.42 Å². The molecule has 0 spiro atoms. The van der Waals surface area contributed by atoms with Gasteiger partial charge < -0.3 is 11.1 Å². The number of hydrogen-bond donors (Lipinski definition) is 2. The number of halogens is 1. The van der Waals surface area contributed by atoms with E-state index in [9.17, 15) is 9.18 Å². The van der Waals surface area contributed by atoms with E-state index in [1.54, 1.807) is 12.1 Å². The highest BCUT2D eigenvalue weighted by atomic mass is 19.1. The first-order chi connectivity index (χ1) is 10.3. The van der Waals surface area contributed by atoms with Crippen molar-refractivity contribution in [1.29, 1.82) is 0 Å². The van der Waals surface area contributed by atoms with Crippen LogP contribution in [-0.4, -0.2) is 12.5 Å². The molecule has 22 heavy (non-hydrogen) atoms. The summed E-state index contributed by atoms with van der Waals surface area (Å²) >= 11 is 0. The van der Waals surface area contributed by atoms with Gasteiger partial charge in [0.25, 0.3) is 0 Å². The number of unbranched alkanes of at least 4 members (excludes halogenated alkanes) is 3. The molecule has 3 nitrogen and oxygen atoms in total. The molecule has 0 saturated carbocycles. The summed E-state index contributed by atoms with van der Waals surface area (Å²) in [7, 11) is 0. The van der Waals surface area contributed by atoms with Crippen molar-refractivity contribution in [2.75, 3.05) is 6.54 Å². The minimum absolute atomic E-state index is 0.0528. The summed E-state index contributed by atoms with van der Waals surface area (Å²) in [5, 5.41) is 3.10. The van der Waals surface area contributed by atoms with Crippen molar-refractivity contribution in [2.45, 2.75) is 58.9 Å². The largest absolute Gasteiger partial charge is 0.349 e. The number of carbonyl (C=O) groups is 1. The molecule has 0 aliphatic carbocycles. The van der Waals surface area contributed by atoms with Crippen LogP contribution in [0.15, 0.2) is 24.3 Å². The zero-order valence-corrected chi connectivity index (χ0v) is 14.0. The summed E-state index contributed by atoms with van der Waals surface area (Å²) in [5.41, 5.74) is 6.26. The average Bonchev–Trinajstić information content (AvgIpc) is 2.44. The fourth-order valence-electron chi connectivity index (χ4n) is 2.47. The van der Waals surface area contributed by atoms with Crippen molar-refractivity contribution in [3.8, 4) is 0 Å². The molecule has 124 valence electrons. The van der Waals surface area contributed by atoms with Crippen molar-refractivity contribution in [3.05, 3.63) is 35.6 Å². The number of benzene rings is 1. The highest BCUT2D eigenvalue weighted by Gasteiger charge is 2.27. The SMILES string of the molecule is CC(C)(C)C(NC(=O)CCCCCCN)c1ccc(F)cc1. The summed E-state index contributed by atoms with van der Waals surface area (Å²) < 4.78 is 13.1.